The van der Waals surface area contributed by atoms with Crippen molar-refractivity contribution in [2.75, 3.05) is 6.61 Å². The van der Waals surface area contributed by atoms with Crippen LogP contribution in [0.1, 0.15) is 18.9 Å². The molecule has 0 amide bonds. The van der Waals surface area contributed by atoms with Crippen molar-refractivity contribution in [2.24, 2.45) is 7.05 Å². The third-order valence-electron chi connectivity index (χ3n) is 6.02. The number of aromatic nitrogens is 2. The molecule has 5 rings (SSSR count). The van der Waals surface area contributed by atoms with Crippen molar-refractivity contribution in [3.63, 3.8) is 0 Å². The van der Waals surface area contributed by atoms with Crippen LogP contribution >= 0.6 is 0 Å². The summed E-state index contributed by atoms with van der Waals surface area (Å²) < 4.78 is 8.15. The molecule has 1 aromatic heterocycles. The van der Waals surface area contributed by atoms with Gasteiger partial charge in [-0.2, -0.15) is 0 Å². The zero-order chi connectivity index (χ0) is 23.3. The van der Waals surface area contributed by atoms with E-state index in [-0.39, 0.29) is 0 Å². The van der Waals surface area contributed by atoms with Gasteiger partial charge < -0.3 is 9.30 Å². The van der Waals surface area contributed by atoms with Gasteiger partial charge in [0.2, 0.25) is 0 Å². The Morgan fingerprint density at radius 1 is 1.03 bits per heavy atom. The Morgan fingerprint density at radius 2 is 1.88 bits per heavy atom. The Balaban J connectivity index is 1.29. The number of hydrogen-bond donors (Lipinski definition) is 0. The van der Waals surface area contributed by atoms with Crippen LogP contribution in [0.15, 0.2) is 85.2 Å². The highest BCUT2D eigenvalue weighted by Gasteiger charge is 2.08. The Hall–Kier alpha value is -4.25. The average Bonchev–Trinajstić information content (AvgIpc) is 3.12. The third-order valence-corrected chi connectivity index (χ3v) is 6.02. The van der Waals surface area contributed by atoms with E-state index in [1.165, 1.54) is 16.7 Å². The first kappa shape index (κ1) is 21.6. The predicted octanol–water partition coefficient (Wildman–Crippen LogP) is 4.93. The molecule has 1 aliphatic rings. The van der Waals surface area contributed by atoms with Gasteiger partial charge in [-0.05, 0) is 65.6 Å². The second-order valence-corrected chi connectivity index (χ2v) is 8.26. The lowest BCUT2D eigenvalue weighted by Gasteiger charge is -2.12. The third kappa shape index (κ3) is 4.46. The van der Waals surface area contributed by atoms with Crippen LogP contribution in [0.2, 0.25) is 0 Å². The number of fused-ring (bicyclic) bond motifs is 2. The number of imidazole rings is 1. The lowest BCUT2D eigenvalue weighted by atomic mass is 10.0. The quantitative estimate of drug-likeness (QED) is 0.324. The van der Waals surface area contributed by atoms with E-state index < -0.39 is 0 Å². The summed E-state index contributed by atoms with van der Waals surface area (Å²) in [5.74, 6) is 7.51. The smallest absolute Gasteiger partial charge is 0.122 e. The van der Waals surface area contributed by atoms with Crippen LogP contribution in [-0.4, -0.2) is 16.2 Å². The SMILES string of the molecule is CCc1cc(-c2ccc3c(c2)ncn3C)ccc1OCCC#CC1=c2ccccc2=C=CC=C1. The largest absolute Gasteiger partial charge is 0.492 e. The Labute approximate surface area is 200 Å². The summed E-state index contributed by atoms with van der Waals surface area (Å²) >= 11 is 0. The number of ether oxygens (including phenoxy) is 1. The molecule has 3 nitrogen and oxygen atoms in total. The monoisotopic (exact) mass is 442 g/mol. The molecule has 0 atom stereocenters. The first-order valence-electron chi connectivity index (χ1n) is 11.6. The molecule has 4 aromatic rings. The van der Waals surface area contributed by atoms with Crippen LogP contribution < -0.4 is 15.2 Å². The van der Waals surface area contributed by atoms with Gasteiger partial charge in [-0.15, -0.1) is 5.73 Å². The first-order valence-corrected chi connectivity index (χ1v) is 11.6. The van der Waals surface area contributed by atoms with Gasteiger partial charge in [0.15, 0.2) is 0 Å². The van der Waals surface area contributed by atoms with E-state index in [4.69, 9.17) is 4.74 Å². The summed E-state index contributed by atoms with van der Waals surface area (Å²) in [6.45, 7) is 2.72. The minimum atomic E-state index is 0.558. The van der Waals surface area contributed by atoms with E-state index >= 15 is 0 Å². The van der Waals surface area contributed by atoms with Crippen molar-refractivity contribution in [3.05, 3.63) is 101 Å². The standard InChI is InChI=1S/C31H26N2O/c1-3-23-20-26(27-15-17-30-29(21-27)32-22-33(30)2)16-18-31(23)34-19-9-8-13-25-11-5-4-10-24-12-6-7-14-28(24)25/h4-7,11-12,14-18,20-22H,3,9,19H2,1-2H3. The summed E-state index contributed by atoms with van der Waals surface area (Å²) in [4.78, 5) is 4.49. The predicted molar refractivity (Wildman–Crippen MR) is 140 cm³/mol. The van der Waals surface area contributed by atoms with Gasteiger partial charge in [-0.3, -0.25) is 0 Å². The van der Waals surface area contributed by atoms with Gasteiger partial charge >= 0.3 is 0 Å². The highest BCUT2D eigenvalue weighted by Crippen LogP contribution is 2.29. The molecule has 1 heterocycles. The molecule has 0 bridgehead atoms. The molecule has 3 aromatic carbocycles. The fourth-order valence-electron chi connectivity index (χ4n) is 4.19. The van der Waals surface area contributed by atoms with Crippen molar-refractivity contribution in [3.8, 4) is 28.7 Å². The number of hydrogen-bond acceptors (Lipinski definition) is 2. The second-order valence-electron chi connectivity index (χ2n) is 8.26. The zero-order valence-corrected chi connectivity index (χ0v) is 19.5. The van der Waals surface area contributed by atoms with Crippen LogP contribution in [-0.2, 0) is 13.5 Å². The van der Waals surface area contributed by atoms with Crippen LogP contribution in [0, 0.1) is 11.8 Å². The molecule has 0 saturated heterocycles. The first-order chi connectivity index (χ1) is 16.7. The fraction of sp³-hybridized carbons (Fsp3) is 0.161. The highest BCUT2D eigenvalue weighted by molar-refractivity contribution is 5.82. The van der Waals surface area contributed by atoms with E-state index in [9.17, 15) is 0 Å². The van der Waals surface area contributed by atoms with Crippen molar-refractivity contribution < 1.29 is 4.74 Å². The molecule has 0 radical (unpaired) electrons. The molecule has 1 aliphatic carbocycles. The maximum Gasteiger partial charge on any atom is 0.122 e. The summed E-state index contributed by atoms with van der Waals surface area (Å²) in [5, 5.41) is 2.19. The molecular formula is C31H26N2O. The topological polar surface area (TPSA) is 27.1 Å². The van der Waals surface area contributed by atoms with Gasteiger partial charge in [0.25, 0.3) is 0 Å². The summed E-state index contributed by atoms with van der Waals surface area (Å²) in [6.07, 6.45) is 9.39. The lowest BCUT2D eigenvalue weighted by molar-refractivity contribution is 0.324. The molecule has 0 spiro atoms. The summed E-state index contributed by atoms with van der Waals surface area (Å²) in [6, 6.07) is 21.1. The van der Waals surface area contributed by atoms with Gasteiger partial charge in [0.1, 0.15) is 5.75 Å². The number of benzene rings is 3. The Kier molecular flexibility index (Phi) is 6.17. The van der Waals surface area contributed by atoms with Gasteiger partial charge in [0, 0.05) is 29.5 Å². The van der Waals surface area contributed by atoms with E-state index in [1.54, 1.807) is 0 Å². The minimum Gasteiger partial charge on any atom is -0.492 e. The average molecular weight is 443 g/mol. The molecule has 0 saturated carbocycles. The highest BCUT2D eigenvalue weighted by atomic mass is 16.5. The van der Waals surface area contributed by atoms with E-state index in [0.717, 1.165) is 39.2 Å². The molecule has 3 heteroatoms. The summed E-state index contributed by atoms with van der Waals surface area (Å²) in [7, 11) is 2.02. The second kappa shape index (κ2) is 9.71. The van der Waals surface area contributed by atoms with Crippen molar-refractivity contribution in [2.45, 2.75) is 19.8 Å². The van der Waals surface area contributed by atoms with E-state index in [2.05, 4.69) is 78.0 Å². The molecule has 0 unspecified atom stereocenters. The van der Waals surface area contributed by atoms with Crippen molar-refractivity contribution >= 4 is 22.3 Å². The molecule has 0 fully saturated rings. The number of aryl methyl sites for hydroxylation is 2. The minimum absolute atomic E-state index is 0.558. The Bertz CT molecular complexity index is 1620. The van der Waals surface area contributed by atoms with Crippen molar-refractivity contribution in [1.29, 1.82) is 0 Å². The lowest BCUT2D eigenvalue weighted by Crippen LogP contribution is -2.24. The van der Waals surface area contributed by atoms with E-state index in [1.807, 2.05) is 48.3 Å². The Morgan fingerprint density at radius 3 is 2.79 bits per heavy atom. The molecule has 166 valence electrons. The van der Waals surface area contributed by atoms with Gasteiger partial charge in [-0.1, -0.05) is 55.2 Å². The van der Waals surface area contributed by atoms with Crippen molar-refractivity contribution in [1.82, 2.24) is 9.55 Å². The molecule has 0 aliphatic heterocycles. The molecule has 0 N–H and O–H groups in total. The maximum atomic E-state index is 6.11. The summed E-state index contributed by atoms with van der Waals surface area (Å²) in [5.41, 5.74) is 9.99. The van der Waals surface area contributed by atoms with Crippen LogP contribution in [0.3, 0.4) is 0 Å². The van der Waals surface area contributed by atoms with E-state index in [0.29, 0.717) is 13.0 Å². The number of nitrogens with zero attached hydrogens (tertiary/aromatic N) is 2. The number of rotatable bonds is 5. The fourth-order valence-corrected chi connectivity index (χ4v) is 4.19. The molecule has 34 heavy (non-hydrogen) atoms. The van der Waals surface area contributed by atoms with Gasteiger partial charge in [0.05, 0.1) is 24.0 Å². The normalized spacial score (nSPS) is 12.0. The maximum absolute atomic E-state index is 6.11. The van der Waals surface area contributed by atoms with Crippen LogP contribution in [0.25, 0.3) is 33.5 Å². The van der Waals surface area contributed by atoms with Crippen LogP contribution in [0.5, 0.6) is 5.75 Å². The molecular weight excluding hydrogens is 416 g/mol. The van der Waals surface area contributed by atoms with Gasteiger partial charge in [-0.25, -0.2) is 4.98 Å². The van der Waals surface area contributed by atoms with Crippen LogP contribution in [0.4, 0.5) is 0 Å². The number of allylic oxidation sites excluding steroid dienone is 3. The zero-order valence-electron chi connectivity index (χ0n) is 19.5.